The number of hydrogen-bond donors (Lipinski definition) is 2. The van der Waals surface area contributed by atoms with Gasteiger partial charge in [0.05, 0.1) is 5.52 Å². The normalized spacial score (nSPS) is 10.7. The molecule has 1 heterocycles. The average Bonchev–Trinajstić information content (AvgIpc) is 2.47. The van der Waals surface area contributed by atoms with Crippen molar-refractivity contribution in [3.63, 3.8) is 0 Å². The highest BCUT2D eigenvalue weighted by atomic mass is 32.2. The molecule has 3 aromatic rings. The minimum atomic E-state index is 0.700. The molecule has 0 unspecified atom stereocenters. The number of hydrogen-bond acceptors (Lipinski definition) is 5. The van der Waals surface area contributed by atoms with E-state index in [0.29, 0.717) is 5.69 Å². The van der Waals surface area contributed by atoms with Crippen molar-refractivity contribution >= 4 is 39.9 Å². The number of nitrogens with one attached hydrogen (secondary N) is 1. The highest BCUT2D eigenvalue weighted by molar-refractivity contribution is 7.98. The molecule has 1 aromatic heterocycles. The molecule has 0 saturated heterocycles. The number of nitrogens with two attached hydrogens (primary N) is 1. The predicted molar refractivity (Wildman–Crippen MR) is 85.5 cm³/mol. The van der Waals surface area contributed by atoms with Crippen molar-refractivity contribution in [2.75, 3.05) is 17.3 Å². The van der Waals surface area contributed by atoms with Gasteiger partial charge in [0.1, 0.15) is 12.1 Å². The van der Waals surface area contributed by atoms with E-state index in [1.165, 1.54) is 4.90 Å². The molecule has 20 heavy (non-hydrogen) atoms. The third-order valence-electron chi connectivity index (χ3n) is 2.99. The van der Waals surface area contributed by atoms with Crippen LogP contribution in [0.25, 0.3) is 10.9 Å². The summed E-state index contributed by atoms with van der Waals surface area (Å²) in [4.78, 5) is 9.77. The highest BCUT2D eigenvalue weighted by Gasteiger charge is 2.04. The van der Waals surface area contributed by atoms with Gasteiger partial charge in [-0.1, -0.05) is 6.07 Å². The number of thioether (sulfide) groups is 1. The first-order valence-electron chi connectivity index (χ1n) is 6.17. The van der Waals surface area contributed by atoms with Crippen molar-refractivity contribution in [2.45, 2.75) is 4.90 Å². The van der Waals surface area contributed by atoms with Crippen LogP contribution in [0.1, 0.15) is 0 Å². The second-order valence-electron chi connectivity index (χ2n) is 4.36. The smallest absolute Gasteiger partial charge is 0.141 e. The van der Waals surface area contributed by atoms with E-state index >= 15 is 0 Å². The Kier molecular flexibility index (Phi) is 3.43. The summed E-state index contributed by atoms with van der Waals surface area (Å²) in [5.74, 6) is 0.785. The van der Waals surface area contributed by atoms with Gasteiger partial charge in [0.2, 0.25) is 0 Å². The van der Waals surface area contributed by atoms with Crippen molar-refractivity contribution < 1.29 is 0 Å². The van der Waals surface area contributed by atoms with Gasteiger partial charge < -0.3 is 11.1 Å². The number of aromatic nitrogens is 2. The third-order valence-corrected chi connectivity index (χ3v) is 3.72. The molecule has 4 nitrogen and oxygen atoms in total. The molecule has 5 heteroatoms. The number of nitrogens with zero attached hydrogens (tertiary/aromatic N) is 2. The molecule has 0 spiro atoms. The van der Waals surface area contributed by atoms with E-state index in [0.717, 1.165) is 22.4 Å². The molecular weight excluding hydrogens is 268 g/mol. The quantitative estimate of drug-likeness (QED) is 0.567. The maximum Gasteiger partial charge on any atom is 0.141 e. The summed E-state index contributed by atoms with van der Waals surface area (Å²) in [5, 5.41) is 4.29. The molecule has 0 aliphatic rings. The lowest BCUT2D eigenvalue weighted by Gasteiger charge is -2.09. The van der Waals surface area contributed by atoms with Gasteiger partial charge in [-0.2, -0.15) is 0 Å². The van der Waals surface area contributed by atoms with Gasteiger partial charge in [0.15, 0.2) is 0 Å². The molecule has 0 aliphatic carbocycles. The lowest BCUT2D eigenvalue weighted by molar-refractivity contribution is 1.22. The Labute approximate surface area is 121 Å². The molecule has 0 atom stereocenters. The Morgan fingerprint density at radius 1 is 1.10 bits per heavy atom. The molecule has 2 aromatic carbocycles. The van der Waals surface area contributed by atoms with Gasteiger partial charge in [-0.05, 0) is 42.7 Å². The summed E-state index contributed by atoms with van der Waals surface area (Å²) in [7, 11) is 0. The Morgan fingerprint density at radius 2 is 2.00 bits per heavy atom. The number of rotatable bonds is 3. The van der Waals surface area contributed by atoms with E-state index in [9.17, 15) is 0 Å². The minimum absolute atomic E-state index is 0.700. The van der Waals surface area contributed by atoms with Crippen LogP contribution in [0.3, 0.4) is 0 Å². The summed E-state index contributed by atoms with van der Waals surface area (Å²) in [6.45, 7) is 0. The van der Waals surface area contributed by atoms with E-state index in [1.54, 1.807) is 18.1 Å². The van der Waals surface area contributed by atoms with Gasteiger partial charge >= 0.3 is 0 Å². The van der Waals surface area contributed by atoms with Crippen LogP contribution in [0.15, 0.2) is 53.7 Å². The highest BCUT2D eigenvalue weighted by Crippen LogP contribution is 2.26. The van der Waals surface area contributed by atoms with Crippen LogP contribution in [-0.2, 0) is 0 Å². The van der Waals surface area contributed by atoms with Crippen molar-refractivity contribution in [3.05, 3.63) is 48.8 Å². The van der Waals surface area contributed by atoms with E-state index in [-0.39, 0.29) is 0 Å². The van der Waals surface area contributed by atoms with E-state index in [2.05, 4.69) is 33.7 Å². The topological polar surface area (TPSA) is 63.8 Å². The molecule has 3 rings (SSSR count). The number of anilines is 3. The summed E-state index contributed by atoms with van der Waals surface area (Å²) in [6, 6.07) is 13.9. The van der Waals surface area contributed by atoms with Crippen LogP contribution in [0, 0.1) is 0 Å². The van der Waals surface area contributed by atoms with Crippen molar-refractivity contribution in [2.24, 2.45) is 0 Å². The molecule has 0 bridgehead atoms. The molecule has 100 valence electrons. The molecule has 0 radical (unpaired) electrons. The number of nitrogen functional groups attached to an aromatic ring is 1. The van der Waals surface area contributed by atoms with E-state index in [1.807, 2.05) is 30.3 Å². The zero-order valence-electron chi connectivity index (χ0n) is 11.0. The van der Waals surface area contributed by atoms with Crippen molar-refractivity contribution in [1.29, 1.82) is 0 Å². The largest absolute Gasteiger partial charge is 0.399 e. The van der Waals surface area contributed by atoms with Crippen LogP contribution in [-0.4, -0.2) is 16.2 Å². The second kappa shape index (κ2) is 5.38. The zero-order valence-corrected chi connectivity index (χ0v) is 11.8. The first-order valence-corrected chi connectivity index (χ1v) is 7.40. The summed E-state index contributed by atoms with van der Waals surface area (Å²) >= 11 is 1.71. The number of benzene rings is 2. The molecular formula is C15H14N4S. The standard InChI is InChI=1S/C15H14N4S/c1-20-12-4-2-3-11(8-12)19-15-13-6-5-10(16)7-14(13)17-9-18-15/h2-9H,16H2,1H3,(H,17,18,19). The fourth-order valence-electron chi connectivity index (χ4n) is 2.01. The lowest BCUT2D eigenvalue weighted by Crippen LogP contribution is -1.96. The van der Waals surface area contributed by atoms with Crippen molar-refractivity contribution in [3.8, 4) is 0 Å². The Morgan fingerprint density at radius 3 is 2.85 bits per heavy atom. The van der Waals surface area contributed by atoms with E-state index < -0.39 is 0 Å². The van der Waals surface area contributed by atoms with Crippen LogP contribution in [0.2, 0.25) is 0 Å². The van der Waals surface area contributed by atoms with Crippen LogP contribution in [0.5, 0.6) is 0 Å². The van der Waals surface area contributed by atoms with Gasteiger partial charge in [0.25, 0.3) is 0 Å². The summed E-state index contributed by atoms with van der Waals surface area (Å²) < 4.78 is 0. The maximum absolute atomic E-state index is 5.78. The molecule has 3 N–H and O–H groups in total. The minimum Gasteiger partial charge on any atom is -0.399 e. The molecule has 0 amide bonds. The molecule has 0 fully saturated rings. The van der Waals surface area contributed by atoms with Gasteiger partial charge in [-0.3, -0.25) is 0 Å². The Balaban J connectivity index is 2.02. The fourth-order valence-corrected chi connectivity index (χ4v) is 2.47. The first-order chi connectivity index (χ1) is 9.76. The Bertz CT molecular complexity index is 758. The average molecular weight is 282 g/mol. The van der Waals surface area contributed by atoms with Crippen LogP contribution >= 0.6 is 11.8 Å². The van der Waals surface area contributed by atoms with Crippen molar-refractivity contribution in [1.82, 2.24) is 9.97 Å². The van der Waals surface area contributed by atoms with Crippen LogP contribution < -0.4 is 11.1 Å². The summed E-state index contributed by atoms with van der Waals surface area (Å²) in [6.07, 6.45) is 3.60. The zero-order chi connectivity index (χ0) is 13.9. The van der Waals surface area contributed by atoms with Gasteiger partial charge in [-0.15, -0.1) is 11.8 Å². The van der Waals surface area contributed by atoms with Gasteiger partial charge in [-0.25, -0.2) is 9.97 Å². The third kappa shape index (κ3) is 2.53. The number of fused-ring (bicyclic) bond motifs is 1. The lowest BCUT2D eigenvalue weighted by atomic mass is 10.2. The fraction of sp³-hybridized carbons (Fsp3) is 0.0667. The molecule has 0 aliphatic heterocycles. The van der Waals surface area contributed by atoms with Crippen LogP contribution in [0.4, 0.5) is 17.2 Å². The molecule has 0 saturated carbocycles. The summed E-state index contributed by atoms with van der Waals surface area (Å²) in [5.41, 5.74) is 8.33. The maximum atomic E-state index is 5.78. The monoisotopic (exact) mass is 282 g/mol. The van der Waals surface area contributed by atoms with E-state index in [4.69, 9.17) is 5.73 Å². The second-order valence-corrected chi connectivity index (χ2v) is 5.24. The predicted octanol–water partition coefficient (Wildman–Crippen LogP) is 3.68. The SMILES string of the molecule is CSc1cccc(Nc2ncnc3cc(N)ccc23)c1. The van der Waals surface area contributed by atoms with Gasteiger partial charge in [0, 0.05) is 21.7 Å². The Hall–Kier alpha value is -2.27. The first kappa shape index (κ1) is 12.7.